The molecule has 102 valence electrons. The SMILES string of the molecule is CCO[Si](CCCSC(=N)N)(OCC)OCC. The van der Waals surface area contributed by atoms with Gasteiger partial charge in [-0.1, -0.05) is 11.8 Å². The van der Waals surface area contributed by atoms with Crippen molar-refractivity contribution in [3.8, 4) is 0 Å². The highest BCUT2D eigenvalue weighted by atomic mass is 32.2. The summed E-state index contributed by atoms with van der Waals surface area (Å²) in [6.45, 7) is 7.66. The van der Waals surface area contributed by atoms with E-state index in [1.807, 2.05) is 20.8 Å². The number of hydrogen-bond donors (Lipinski definition) is 2. The minimum Gasteiger partial charge on any atom is -0.379 e. The molecule has 0 unspecified atom stereocenters. The third-order valence-electron chi connectivity index (χ3n) is 1.98. The van der Waals surface area contributed by atoms with Gasteiger partial charge in [0.2, 0.25) is 0 Å². The van der Waals surface area contributed by atoms with Crippen molar-refractivity contribution in [2.24, 2.45) is 5.73 Å². The summed E-state index contributed by atoms with van der Waals surface area (Å²) in [5, 5.41) is 7.28. The highest BCUT2D eigenvalue weighted by Crippen LogP contribution is 2.19. The van der Waals surface area contributed by atoms with Gasteiger partial charge in [-0.3, -0.25) is 5.41 Å². The van der Waals surface area contributed by atoms with E-state index >= 15 is 0 Å². The maximum atomic E-state index is 7.13. The first-order valence-electron chi connectivity index (χ1n) is 5.98. The molecule has 3 N–H and O–H groups in total. The predicted octanol–water partition coefficient (Wildman–Crippen LogP) is 2.05. The lowest BCUT2D eigenvalue weighted by atomic mass is 10.6. The van der Waals surface area contributed by atoms with Gasteiger partial charge in [0.25, 0.3) is 0 Å². The van der Waals surface area contributed by atoms with Crippen LogP contribution in [-0.4, -0.2) is 39.5 Å². The summed E-state index contributed by atoms with van der Waals surface area (Å²) in [6.07, 6.45) is 0.885. The van der Waals surface area contributed by atoms with Crippen molar-refractivity contribution in [3.05, 3.63) is 0 Å². The van der Waals surface area contributed by atoms with Gasteiger partial charge in [0.05, 0.1) is 0 Å². The first-order valence-corrected chi connectivity index (χ1v) is 8.90. The molecule has 0 aliphatic heterocycles. The Bertz CT molecular complexity index is 203. The fourth-order valence-electron chi connectivity index (χ4n) is 1.47. The Balaban J connectivity index is 4.18. The zero-order chi connectivity index (χ0) is 13.1. The molecule has 5 nitrogen and oxygen atoms in total. The second kappa shape index (κ2) is 9.90. The average Bonchev–Trinajstić information content (AvgIpc) is 2.25. The van der Waals surface area contributed by atoms with Crippen LogP contribution in [0.15, 0.2) is 0 Å². The van der Waals surface area contributed by atoms with E-state index in [4.69, 9.17) is 24.4 Å². The second-order valence-electron chi connectivity index (χ2n) is 3.30. The van der Waals surface area contributed by atoms with E-state index in [2.05, 4.69) is 0 Å². The maximum absolute atomic E-state index is 7.13. The molecule has 0 aromatic heterocycles. The lowest BCUT2D eigenvalue weighted by Crippen LogP contribution is -2.46. The van der Waals surface area contributed by atoms with Gasteiger partial charge in [-0.05, 0) is 27.2 Å². The largest absolute Gasteiger partial charge is 0.500 e. The molecule has 0 fully saturated rings. The molecule has 0 heterocycles. The molecule has 0 radical (unpaired) electrons. The van der Waals surface area contributed by atoms with Crippen LogP contribution in [0.3, 0.4) is 0 Å². The van der Waals surface area contributed by atoms with Crippen LogP contribution in [0.2, 0.25) is 6.04 Å². The summed E-state index contributed by atoms with van der Waals surface area (Å²) in [6, 6.07) is 0.781. The van der Waals surface area contributed by atoms with Crippen LogP contribution in [0, 0.1) is 5.41 Å². The van der Waals surface area contributed by atoms with Gasteiger partial charge in [0, 0.05) is 31.6 Å². The summed E-state index contributed by atoms with van der Waals surface area (Å²) in [5.74, 6) is 0.803. The molecular formula is C10H24N2O3SSi. The number of nitrogens with two attached hydrogens (primary N) is 1. The highest BCUT2D eigenvalue weighted by Gasteiger charge is 2.39. The van der Waals surface area contributed by atoms with Crippen molar-refractivity contribution in [3.63, 3.8) is 0 Å². The number of hydrogen-bond acceptors (Lipinski definition) is 5. The van der Waals surface area contributed by atoms with Gasteiger partial charge in [0.15, 0.2) is 5.17 Å². The number of rotatable bonds is 10. The maximum Gasteiger partial charge on any atom is 0.500 e. The molecule has 0 saturated heterocycles. The Morgan fingerprint density at radius 1 is 1.12 bits per heavy atom. The molecule has 17 heavy (non-hydrogen) atoms. The van der Waals surface area contributed by atoms with Crippen LogP contribution in [0.4, 0.5) is 0 Å². The minimum atomic E-state index is -2.49. The van der Waals surface area contributed by atoms with Crippen LogP contribution >= 0.6 is 11.8 Å². The van der Waals surface area contributed by atoms with Crippen molar-refractivity contribution in [2.75, 3.05) is 25.6 Å². The fraction of sp³-hybridized carbons (Fsp3) is 0.900. The molecule has 0 aliphatic carbocycles. The van der Waals surface area contributed by atoms with Gasteiger partial charge >= 0.3 is 8.80 Å². The first-order chi connectivity index (χ1) is 8.10. The van der Waals surface area contributed by atoms with E-state index in [1.165, 1.54) is 11.8 Å². The lowest BCUT2D eigenvalue weighted by Gasteiger charge is -2.28. The third-order valence-corrected chi connectivity index (χ3v) is 5.93. The van der Waals surface area contributed by atoms with Gasteiger partial charge in [-0.15, -0.1) is 0 Å². The summed E-state index contributed by atoms with van der Waals surface area (Å²) < 4.78 is 17.2. The molecule has 0 bridgehead atoms. The van der Waals surface area contributed by atoms with Crippen LogP contribution in [0.1, 0.15) is 27.2 Å². The van der Waals surface area contributed by atoms with E-state index in [1.54, 1.807) is 0 Å². The van der Waals surface area contributed by atoms with E-state index < -0.39 is 8.80 Å². The predicted molar refractivity (Wildman–Crippen MR) is 74.4 cm³/mol. The first kappa shape index (κ1) is 16.9. The molecule has 0 aromatic carbocycles. The number of amidine groups is 1. The Hall–Kier alpha value is -0.0831. The van der Waals surface area contributed by atoms with E-state index in [0.29, 0.717) is 19.8 Å². The Labute approximate surface area is 109 Å². The van der Waals surface area contributed by atoms with Crippen LogP contribution in [0.25, 0.3) is 0 Å². The number of nitrogens with one attached hydrogen (secondary N) is 1. The van der Waals surface area contributed by atoms with Crippen molar-refractivity contribution in [2.45, 2.75) is 33.2 Å². The van der Waals surface area contributed by atoms with E-state index in [0.717, 1.165) is 18.2 Å². The Morgan fingerprint density at radius 2 is 1.59 bits per heavy atom. The molecule has 0 spiro atoms. The molecular weight excluding hydrogens is 256 g/mol. The molecule has 7 heteroatoms. The monoisotopic (exact) mass is 280 g/mol. The number of thioether (sulfide) groups is 1. The summed E-state index contributed by atoms with van der Waals surface area (Å²) >= 11 is 1.34. The van der Waals surface area contributed by atoms with Crippen LogP contribution < -0.4 is 5.73 Å². The third kappa shape index (κ3) is 7.77. The van der Waals surface area contributed by atoms with Crippen molar-refractivity contribution in [1.29, 1.82) is 5.41 Å². The molecule has 0 rings (SSSR count). The zero-order valence-electron chi connectivity index (χ0n) is 11.0. The summed E-state index contributed by atoms with van der Waals surface area (Å²) in [7, 11) is -2.49. The highest BCUT2D eigenvalue weighted by molar-refractivity contribution is 8.13. The van der Waals surface area contributed by atoms with Crippen LogP contribution in [0.5, 0.6) is 0 Å². The fourth-order valence-corrected chi connectivity index (χ4v) is 4.85. The van der Waals surface area contributed by atoms with Crippen molar-refractivity contribution >= 4 is 25.7 Å². The van der Waals surface area contributed by atoms with Gasteiger partial charge < -0.3 is 19.0 Å². The van der Waals surface area contributed by atoms with Crippen molar-refractivity contribution in [1.82, 2.24) is 0 Å². The Morgan fingerprint density at radius 3 is 1.94 bits per heavy atom. The Kier molecular flexibility index (Phi) is 9.85. The van der Waals surface area contributed by atoms with E-state index in [-0.39, 0.29) is 5.17 Å². The standard InChI is InChI=1S/C10H24N2O3SSi/c1-4-13-17(14-5-2,15-6-3)9-7-8-16-10(11)12/h4-9H2,1-3H3,(H3,11,12). The molecule has 0 aliphatic rings. The molecule has 0 saturated carbocycles. The van der Waals surface area contributed by atoms with Crippen molar-refractivity contribution < 1.29 is 13.3 Å². The molecule has 0 atom stereocenters. The second-order valence-corrected chi connectivity index (χ2v) is 7.17. The summed E-state index contributed by atoms with van der Waals surface area (Å²) in [4.78, 5) is 0. The smallest absolute Gasteiger partial charge is 0.379 e. The van der Waals surface area contributed by atoms with E-state index in [9.17, 15) is 0 Å². The van der Waals surface area contributed by atoms with Gasteiger partial charge in [0.1, 0.15) is 0 Å². The molecule has 0 aromatic rings. The quantitative estimate of drug-likeness (QED) is 0.277. The lowest BCUT2D eigenvalue weighted by molar-refractivity contribution is 0.0712. The minimum absolute atomic E-state index is 0.154. The zero-order valence-corrected chi connectivity index (χ0v) is 12.8. The molecule has 0 amide bonds. The van der Waals surface area contributed by atoms with Gasteiger partial charge in [-0.2, -0.15) is 0 Å². The normalized spacial score (nSPS) is 11.7. The summed E-state index contributed by atoms with van der Waals surface area (Å²) in [5.41, 5.74) is 5.28. The topological polar surface area (TPSA) is 77.6 Å². The average molecular weight is 280 g/mol. The van der Waals surface area contributed by atoms with Gasteiger partial charge in [-0.25, -0.2) is 0 Å². The van der Waals surface area contributed by atoms with Crippen LogP contribution in [-0.2, 0) is 13.3 Å².